The Morgan fingerprint density at radius 3 is 2.30 bits per heavy atom. The normalized spacial score (nSPS) is 12.3. The molecule has 0 radical (unpaired) electrons. The van der Waals surface area contributed by atoms with Gasteiger partial charge in [0.1, 0.15) is 5.75 Å². The van der Waals surface area contributed by atoms with Crippen LogP contribution in [-0.2, 0) is 13.2 Å². The standard InChI is InChI=1S/C17H21NO2/c1-2-16(15-9-5-6-10-17(15)20)18-11-13-7-3-4-8-14(13)12-19/h3-10,16,18-20H,2,11-12H2,1H3/t16-/m0/s1. The van der Waals surface area contributed by atoms with Crippen molar-refractivity contribution in [1.82, 2.24) is 5.32 Å². The van der Waals surface area contributed by atoms with E-state index in [1.165, 1.54) is 0 Å². The van der Waals surface area contributed by atoms with Crippen LogP contribution in [0, 0.1) is 0 Å². The summed E-state index contributed by atoms with van der Waals surface area (Å²) in [5.41, 5.74) is 2.94. The molecule has 20 heavy (non-hydrogen) atoms. The Morgan fingerprint density at radius 2 is 1.65 bits per heavy atom. The van der Waals surface area contributed by atoms with Crippen LogP contribution >= 0.6 is 0 Å². The van der Waals surface area contributed by atoms with Gasteiger partial charge < -0.3 is 15.5 Å². The van der Waals surface area contributed by atoms with Crippen molar-refractivity contribution in [3.8, 4) is 5.75 Å². The van der Waals surface area contributed by atoms with Gasteiger partial charge in [0.05, 0.1) is 6.61 Å². The van der Waals surface area contributed by atoms with Crippen LogP contribution < -0.4 is 5.32 Å². The van der Waals surface area contributed by atoms with E-state index in [1.54, 1.807) is 6.07 Å². The van der Waals surface area contributed by atoms with Crippen molar-refractivity contribution in [2.24, 2.45) is 0 Å². The first kappa shape index (κ1) is 14.6. The fraction of sp³-hybridized carbons (Fsp3) is 0.294. The van der Waals surface area contributed by atoms with Crippen LogP contribution in [0.2, 0.25) is 0 Å². The van der Waals surface area contributed by atoms with E-state index in [9.17, 15) is 10.2 Å². The number of phenols is 1. The molecule has 0 unspecified atom stereocenters. The number of aliphatic hydroxyl groups excluding tert-OH is 1. The zero-order valence-electron chi connectivity index (χ0n) is 11.7. The van der Waals surface area contributed by atoms with Crippen molar-refractivity contribution in [1.29, 1.82) is 0 Å². The Morgan fingerprint density at radius 1 is 1.00 bits per heavy atom. The van der Waals surface area contributed by atoms with Gasteiger partial charge >= 0.3 is 0 Å². The minimum Gasteiger partial charge on any atom is -0.508 e. The van der Waals surface area contributed by atoms with Crippen molar-refractivity contribution >= 4 is 0 Å². The Labute approximate surface area is 119 Å². The van der Waals surface area contributed by atoms with Gasteiger partial charge in [0.2, 0.25) is 0 Å². The van der Waals surface area contributed by atoms with Gasteiger partial charge in [-0.25, -0.2) is 0 Å². The molecule has 106 valence electrons. The molecule has 2 rings (SSSR count). The number of hydrogen-bond acceptors (Lipinski definition) is 3. The summed E-state index contributed by atoms with van der Waals surface area (Å²) in [5, 5.41) is 22.7. The molecule has 3 nitrogen and oxygen atoms in total. The van der Waals surface area contributed by atoms with E-state index in [4.69, 9.17) is 0 Å². The maximum atomic E-state index is 9.93. The molecule has 0 aromatic heterocycles. The fourth-order valence-corrected chi connectivity index (χ4v) is 2.37. The van der Waals surface area contributed by atoms with E-state index in [-0.39, 0.29) is 12.6 Å². The molecule has 0 bridgehead atoms. The van der Waals surface area contributed by atoms with Crippen LogP contribution in [0.5, 0.6) is 5.75 Å². The topological polar surface area (TPSA) is 52.5 Å². The summed E-state index contributed by atoms with van der Waals surface area (Å²) in [6, 6.07) is 15.3. The molecule has 0 amide bonds. The summed E-state index contributed by atoms with van der Waals surface area (Å²) >= 11 is 0. The summed E-state index contributed by atoms with van der Waals surface area (Å²) in [6.07, 6.45) is 0.888. The Bertz CT molecular complexity index is 554. The summed E-state index contributed by atoms with van der Waals surface area (Å²) < 4.78 is 0. The highest BCUT2D eigenvalue weighted by Crippen LogP contribution is 2.26. The monoisotopic (exact) mass is 271 g/mol. The van der Waals surface area contributed by atoms with Crippen molar-refractivity contribution < 1.29 is 10.2 Å². The van der Waals surface area contributed by atoms with E-state index in [0.717, 1.165) is 23.1 Å². The van der Waals surface area contributed by atoms with Crippen molar-refractivity contribution in [2.75, 3.05) is 0 Å². The second kappa shape index (κ2) is 7.08. The van der Waals surface area contributed by atoms with Gasteiger partial charge in [-0.3, -0.25) is 0 Å². The van der Waals surface area contributed by atoms with Gasteiger partial charge in [-0.15, -0.1) is 0 Å². The average molecular weight is 271 g/mol. The smallest absolute Gasteiger partial charge is 0.120 e. The molecule has 0 heterocycles. The average Bonchev–Trinajstić information content (AvgIpc) is 2.50. The van der Waals surface area contributed by atoms with Crippen molar-refractivity contribution in [3.63, 3.8) is 0 Å². The van der Waals surface area contributed by atoms with E-state index >= 15 is 0 Å². The molecule has 0 fully saturated rings. The van der Waals surface area contributed by atoms with Gasteiger partial charge in [-0.1, -0.05) is 49.4 Å². The van der Waals surface area contributed by atoms with Crippen LogP contribution in [-0.4, -0.2) is 10.2 Å². The first-order valence-corrected chi connectivity index (χ1v) is 6.95. The number of para-hydroxylation sites is 1. The lowest BCUT2D eigenvalue weighted by molar-refractivity contribution is 0.280. The van der Waals surface area contributed by atoms with E-state index in [1.807, 2.05) is 42.5 Å². The number of rotatable bonds is 6. The SMILES string of the molecule is CC[C@H](NCc1ccccc1CO)c1ccccc1O. The molecular formula is C17H21NO2. The van der Waals surface area contributed by atoms with Gasteiger partial charge in [0, 0.05) is 18.2 Å². The highest BCUT2D eigenvalue weighted by Gasteiger charge is 2.12. The Balaban J connectivity index is 2.10. The van der Waals surface area contributed by atoms with Gasteiger partial charge in [-0.2, -0.15) is 0 Å². The summed E-state index contributed by atoms with van der Waals surface area (Å²) in [7, 11) is 0. The first-order valence-electron chi connectivity index (χ1n) is 6.95. The Hall–Kier alpha value is -1.84. The Kier molecular flexibility index (Phi) is 5.16. The van der Waals surface area contributed by atoms with Gasteiger partial charge in [0.25, 0.3) is 0 Å². The molecule has 0 spiro atoms. The first-order chi connectivity index (χ1) is 9.76. The minimum absolute atomic E-state index is 0.0469. The van der Waals surface area contributed by atoms with Crippen LogP contribution in [0.3, 0.4) is 0 Å². The van der Waals surface area contributed by atoms with Crippen molar-refractivity contribution in [3.05, 3.63) is 65.2 Å². The molecule has 2 aromatic rings. The number of aromatic hydroxyl groups is 1. The number of phenolic OH excluding ortho intramolecular Hbond substituents is 1. The lowest BCUT2D eigenvalue weighted by atomic mass is 10.0. The maximum absolute atomic E-state index is 9.93. The third-order valence-corrected chi connectivity index (χ3v) is 3.55. The lowest BCUT2D eigenvalue weighted by Crippen LogP contribution is -2.21. The molecule has 0 saturated heterocycles. The molecule has 0 aliphatic rings. The van der Waals surface area contributed by atoms with E-state index in [0.29, 0.717) is 12.3 Å². The fourth-order valence-electron chi connectivity index (χ4n) is 2.37. The largest absolute Gasteiger partial charge is 0.508 e. The highest BCUT2D eigenvalue weighted by atomic mass is 16.3. The maximum Gasteiger partial charge on any atom is 0.120 e. The molecule has 0 aliphatic heterocycles. The van der Waals surface area contributed by atoms with Gasteiger partial charge in [-0.05, 0) is 23.6 Å². The van der Waals surface area contributed by atoms with Crippen LogP contribution in [0.1, 0.15) is 36.1 Å². The molecule has 0 aliphatic carbocycles. The highest BCUT2D eigenvalue weighted by molar-refractivity contribution is 5.35. The van der Waals surface area contributed by atoms with Crippen LogP contribution in [0.4, 0.5) is 0 Å². The molecule has 3 heteroatoms. The molecule has 1 atom stereocenters. The molecule has 3 N–H and O–H groups in total. The zero-order valence-corrected chi connectivity index (χ0v) is 11.7. The van der Waals surface area contributed by atoms with E-state index in [2.05, 4.69) is 12.2 Å². The molecule has 0 saturated carbocycles. The molecule has 2 aromatic carbocycles. The van der Waals surface area contributed by atoms with Gasteiger partial charge in [0.15, 0.2) is 0 Å². The second-order valence-corrected chi connectivity index (χ2v) is 4.83. The molecular weight excluding hydrogens is 250 g/mol. The summed E-state index contributed by atoms with van der Waals surface area (Å²) in [6.45, 7) is 2.80. The number of benzene rings is 2. The number of hydrogen-bond donors (Lipinski definition) is 3. The predicted octanol–water partition coefficient (Wildman–Crippen LogP) is 3.13. The zero-order chi connectivity index (χ0) is 14.4. The van der Waals surface area contributed by atoms with Crippen LogP contribution in [0.25, 0.3) is 0 Å². The predicted molar refractivity (Wildman–Crippen MR) is 80.3 cm³/mol. The summed E-state index contributed by atoms with van der Waals surface area (Å²) in [5.74, 6) is 0.322. The lowest BCUT2D eigenvalue weighted by Gasteiger charge is -2.19. The van der Waals surface area contributed by atoms with Crippen LogP contribution in [0.15, 0.2) is 48.5 Å². The van der Waals surface area contributed by atoms with E-state index < -0.39 is 0 Å². The second-order valence-electron chi connectivity index (χ2n) is 4.83. The quantitative estimate of drug-likeness (QED) is 0.756. The summed E-state index contributed by atoms with van der Waals surface area (Å²) in [4.78, 5) is 0. The third kappa shape index (κ3) is 3.38. The minimum atomic E-state index is 0.0469. The third-order valence-electron chi connectivity index (χ3n) is 3.55. The van der Waals surface area contributed by atoms with Crippen molar-refractivity contribution in [2.45, 2.75) is 32.5 Å². The number of nitrogens with one attached hydrogen (secondary N) is 1. The number of aliphatic hydroxyl groups is 1.